The van der Waals surface area contributed by atoms with Crippen molar-refractivity contribution in [2.75, 3.05) is 13.1 Å². The lowest BCUT2D eigenvalue weighted by atomic mass is 10.3. The maximum Gasteiger partial charge on any atom is 0.355 e. The van der Waals surface area contributed by atoms with E-state index in [9.17, 15) is 14.4 Å². The van der Waals surface area contributed by atoms with Gasteiger partial charge in [0.05, 0.1) is 6.04 Å². The van der Waals surface area contributed by atoms with E-state index >= 15 is 0 Å². The molecule has 110 valence electrons. The predicted octanol–water partition coefficient (Wildman–Crippen LogP) is 0.338. The van der Waals surface area contributed by atoms with Crippen LogP contribution in [0.25, 0.3) is 0 Å². The SMILES string of the molecule is CC(=O)NCCNC(=O)NC(C)c1nc(C(=O)O)cs1. The first-order chi connectivity index (χ1) is 9.40. The molecular weight excluding hydrogens is 284 g/mol. The highest BCUT2D eigenvalue weighted by Crippen LogP contribution is 2.17. The van der Waals surface area contributed by atoms with Gasteiger partial charge in [0, 0.05) is 25.4 Å². The number of rotatable bonds is 6. The first-order valence-electron chi connectivity index (χ1n) is 5.87. The fourth-order valence-corrected chi connectivity index (χ4v) is 2.11. The van der Waals surface area contributed by atoms with Gasteiger partial charge in [0.1, 0.15) is 5.01 Å². The Bertz CT molecular complexity index is 502. The Labute approximate surface area is 119 Å². The zero-order valence-corrected chi connectivity index (χ0v) is 11.9. The first kappa shape index (κ1) is 15.9. The number of carboxylic acids is 1. The van der Waals surface area contributed by atoms with Crippen LogP contribution in [0, 0.1) is 0 Å². The third kappa shape index (κ3) is 5.22. The molecular formula is C11H16N4O4S. The molecule has 1 rings (SSSR count). The number of carbonyl (C=O) groups excluding carboxylic acids is 2. The molecule has 0 aromatic carbocycles. The van der Waals surface area contributed by atoms with Gasteiger partial charge < -0.3 is 21.1 Å². The summed E-state index contributed by atoms with van der Waals surface area (Å²) in [5, 5.41) is 18.4. The molecule has 0 fully saturated rings. The zero-order chi connectivity index (χ0) is 15.1. The van der Waals surface area contributed by atoms with Crippen molar-refractivity contribution >= 4 is 29.2 Å². The highest BCUT2D eigenvalue weighted by Gasteiger charge is 2.15. The number of amides is 3. The number of aromatic nitrogens is 1. The van der Waals surface area contributed by atoms with E-state index in [1.54, 1.807) is 6.92 Å². The summed E-state index contributed by atoms with van der Waals surface area (Å²) < 4.78 is 0. The minimum atomic E-state index is -1.10. The number of hydrogen-bond acceptors (Lipinski definition) is 5. The average Bonchev–Trinajstić information content (AvgIpc) is 2.84. The topological polar surface area (TPSA) is 120 Å². The third-order valence-corrected chi connectivity index (χ3v) is 3.27. The second-order valence-electron chi connectivity index (χ2n) is 3.98. The van der Waals surface area contributed by atoms with E-state index in [0.717, 1.165) is 0 Å². The van der Waals surface area contributed by atoms with Crippen molar-refractivity contribution in [2.24, 2.45) is 0 Å². The van der Waals surface area contributed by atoms with Crippen molar-refractivity contribution in [1.29, 1.82) is 0 Å². The van der Waals surface area contributed by atoms with Crippen LogP contribution in [0.2, 0.25) is 0 Å². The normalized spacial score (nSPS) is 11.5. The molecule has 1 heterocycles. The van der Waals surface area contributed by atoms with Gasteiger partial charge in [0.25, 0.3) is 0 Å². The molecule has 0 aliphatic heterocycles. The molecule has 20 heavy (non-hydrogen) atoms. The van der Waals surface area contributed by atoms with Crippen LogP contribution in [-0.4, -0.2) is 41.1 Å². The van der Waals surface area contributed by atoms with E-state index in [2.05, 4.69) is 20.9 Å². The van der Waals surface area contributed by atoms with Crippen LogP contribution in [0.4, 0.5) is 4.79 Å². The van der Waals surface area contributed by atoms with Gasteiger partial charge in [-0.25, -0.2) is 14.6 Å². The summed E-state index contributed by atoms with van der Waals surface area (Å²) >= 11 is 1.17. The summed E-state index contributed by atoms with van der Waals surface area (Å²) in [6.45, 7) is 3.75. The number of hydrogen-bond donors (Lipinski definition) is 4. The molecule has 0 saturated carbocycles. The highest BCUT2D eigenvalue weighted by atomic mass is 32.1. The van der Waals surface area contributed by atoms with Gasteiger partial charge in [-0.1, -0.05) is 0 Å². The molecule has 4 N–H and O–H groups in total. The minimum absolute atomic E-state index is 0.0373. The zero-order valence-electron chi connectivity index (χ0n) is 11.1. The van der Waals surface area contributed by atoms with Crippen molar-refractivity contribution in [1.82, 2.24) is 20.9 Å². The Hall–Kier alpha value is -2.16. The molecule has 1 aromatic rings. The molecule has 0 saturated heterocycles. The first-order valence-corrected chi connectivity index (χ1v) is 6.75. The molecule has 1 aromatic heterocycles. The van der Waals surface area contributed by atoms with E-state index in [-0.39, 0.29) is 11.6 Å². The largest absolute Gasteiger partial charge is 0.476 e. The summed E-state index contributed by atoms with van der Waals surface area (Å²) in [5.74, 6) is -1.26. The van der Waals surface area contributed by atoms with Gasteiger partial charge in [0.15, 0.2) is 5.69 Å². The Morgan fingerprint density at radius 3 is 2.55 bits per heavy atom. The maximum atomic E-state index is 11.5. The summed E-state index contributed by atoms with van der Waals surface area (Å²) in [7, 11) is 0. The number of nitrogens with zero attached hydrogens (tertiary/aromatic N) is 1. The van der Waals surface area contributed by atoms with Crippen molar-refractivity contribution in [3.8, 4) is 0 Å². The molecule has 0 radical (unpaired) electrons. The Morgan fingerprint density at radius 2 is 2.00 bits per heavy atom. The summed E-state index contributed by atoms with van der Waals surface area (Å²) in [5.41, 5.74) is -0.0373. The van der Waals surface area contributed by atoms with Crippen molar-refractivity contribution in [3.05, 3.63) is 16.1 Å². The molecule has 0 aliphatic rings. The van der Waals surface area contributed by atoms with Crippen LogP contribution in [0.3, 0.4) is 0 Å². The highest BCUT2D eigenvalue weighted by molar-refractivity contribution is 7.09. The van der Waals surface area contributed by atoms with Gasteiger partial charge in [-0.2, -0.15) is 0 Å². The average molecular weight is 300 g/mol. The van der Waals surface area contributed by atoms with E-state index in [4.69, 9.17) is 5.11 Å². The molecule has 8 nitrogen and oxygen atoms in total. The number of carbonyl (C=O) groups is 3. The fraction of sp³-hybridized carbons (Fsp3) is 0.455. The fourth-order valence-electron chi connectivity index (χ4n) is 1.31. The lowest BCUT2D eigenvalue weighted by molar-refractivity contribution is -0.118. The molecule has 3 amide bonds. The second-order valence-corrected chi connectivity index (χ2v) is 4.87. The van der Waals surface area contributed by atoms with Gasteiger partial charge in [0.2, 0.25) is 5.91 Å². The van der Waals surface area contributed by atoms with Crippen LogP contribution in [0.1, 0.15) is 35.4 Å². The number of aromatic carboxylic acids is 1. The van der Waals surface area contributed by atoms with Crippen molar-refractivity contribution in [2.45, 2.75) is 19.9 Å². The molecule has 9 heteroatoms. The van der Waals surface area contributed by atoms with Gasteiger partial charge >= 0.3 is 12.0 Å². The number of urea groups is 1. The van der Waals surface area contributed by atoms with Gasteiger partial charge in [-0.15, -0.1) is 11.3 Å². The quantitative estimate of drug-likeness (QED) is 0.564. The minimum Gasteiger partial charge on any atom is -0.476 e. The van der Waals surface area contributed by atoms with E-state index in [1.807, 2.05) is 0 Å². The lowest BCUT2D eigenvalue weighted by Gasteiger charge is -2.12. The molecule has 1 unspecified atom stereocenters. The monoisotopic (exact) mass is 300 g/mol. The molecule has 0 aliphatic carbocycles. The Kier molecular flexibility index (Phi) is 5.91. The lowest BCUT2D eigenvalue weighted by Crippen LogP contribution is -2.40. The maximum absolute atomic E-state index is 11.5. The van der Waals surface area contributed by atoms with Gasteiger partial charge in [-0.3, -0.25) is 4.79 Å². The summed E-state index contributed by atoms with van der Waals surface area (Å²) in [6, 6.07) is -0.802. The number of thiazole rings is 1. The van der Waals surface area contributed by atoms with Crippen molar-refractivity contribution < 1.29 is 19.5 Å². The number of nitrogens with one attached hydrogen (secondary N) is 3. The standard InChI is InChI=1S/C11H16N4O4S/c1-6(9-15-8(5-20-9)10(17)18)14-11(19)13-4-3-12-7(2)16/h5-6H,3-4H2,1-2H3,(H,12,16)(H,17,18)(H2,13,14,19). The third-order valence-electron chi connectivity index (χ3n) is 2.24. The Morgan fingerprint density at radius 1 is 1.35 bits per heavy atom. The Balaban J connectivity index is 2.36. The van der Waals surface area contributed by atoms with Crippen LogP contribution >= 0.6 is 11.3 Å². The molecule has 0 spiro atoms. The van der Waals surface area contributed by atoms with Crippen LogP contribution < -0.4 is 16.0 Å². The van der Waals surface area contributed by atoms with E-state index in [1.165, 1.54) is 23.6 Å². The van der Waals surface area contributed by atoms with E-state index < -0.39 is 18.0 Å². The summed E-state index contributed by atoms with van der Waals surface area (Å²) in [4.78, 5) is 36.8. The van der Waals surface area contributed by atoms with Crippen LogP contribution in [0.5, 0.6) is 0 Å². The van der Waals surface area contributed by atoms with Gasteiger partial charge in [-0.05, 0) is 6.92 Å². The van der Waals surface area contributed by atoms with Crippen molar-refractivity contribution in [3.63, 3.8) is 0 Å². The smallest absolute Gasteiger partial charge is 0.355 e. The summed E-state index contributed by atoms with van der Waals surface area (Å²) in [6.07, 6.45) is 0. The molecule has 0 bridgehead atoms. The van der Waals surface area contributed by atoms with Crippen LogP contribution in [0.15, 0.2) is 5.38 Å². The number of carboxylic acid groups (broad SMARTS) is 1. The molecule has 1 atom stereocenters. The van der Waals surface area contributed by atoms with E-state index in [0.29, 0.717) is 18.1 Å². The second kappa shape index (κ2) is 7.43. The predicted molar refractivity (Wildman–Crippen MR) is 72.7 cm³/mol. The van der Waals surface area contributed by atoms with Crippen LogP contribution in [-0.2, 0) is 4.79 Å².